The van der Waals surface area contributed by atoms with Crippen LogP contribution >= 0.6 is 0 Å². The standard InChI is InChI=1S/C16H21N3O2/c1-12-6-4-5-7-13(12)19-10-8-16(9-11-19)14(20)17(2)15(21)18(16)3/h4-7H,8-11H2,1-3H3. The molecule has 0 N–H and O–H groups in total. The summed E-state index contributed by atoms with van der Waals surface area (Å²) in [4.78, 5) is 29.7. The van der Waals surface area contributed by atoms with Gasteiger partial charge in [0.2, 0.25) is 0 Å². The normalized spacial score (nSPS) is 21.6. The second-order valence-electron chi connectivity index (χ2n) is 6.01. The maximum Gasteiger partial charge on any atom is 0.327 e. The molecule has 5 heteroatoms. The van der Waals surface area contributed by atoms with Crippen molar-refractivity contribution in [3.63, 3.8) is 0 Å². The molecule has 2 fully saturated rings. The number of carbonyl (C=O) groups excluding carboxylic acids is 2. The number of amides is 3. The first-order valence-electron chi connectivity index (χ1n) is 7.34. The number of carbonyl (C=O) groups is 2. The van der Waals surface area contributed by atoms with Gasteiger partial charge in [-0.05, 0) is 31.4 Å². The predicted octanol–water partition coefficient (Wildman–Crippen LogP) is 1.86. The Balaban J connectivity index is 1.81. The van der Waals surface area contributed by atoms with Gasteiger partial charge in [0.25, 0.3) is 5.91 Å². The average molecular weight is 287 g/mol. The van der Waals surface area contributed by atoms with Gasteiger partial charge in [-0.15, -0.1) is 0 Å². The van der Waals surface area contributed by atoms with Gasteiger partial charge < -0.3 is 9.80 Å². The quantitative estimate of drug-likeness (QED) is 0.741. The highest BCUT2D eigenvalue weighted by molar-refractivity contribution is 6.06. The molecule has 0 radical (unpaired) electrons. The number of urea groups is 1. The van der Waals surface area contributed by atoms with E-state index in [1.165, 1.54) is 16.2 Å². The van der Waals surface area contributed by atoms with Crippen LogP contribution in [0.2, 0.25) is 0 Å². The van der Waals surface area contributed by atoms with Gasteiger partial charge in [0.15, 0.2) is 0 Å². The van der Waals surface area contributed by atoms with Crippen LogP contribution in [-0.4, -0.2) is 54.5 Å². The lowest BCUT2D eigenvalue weighted by Gasteiger charge is -2.42. The Bertz CT molecular complexity index is 591. The molecular weight excluding hydrogens is 266 g/mol. The van der Waals surface area contributed by atoms with E-state index in [9.17, 15) is 9.59 Å². The minimum absolute atomic E-state index is 0.0561. The van der Waals surface area contributed by atoms with Crippen molar-refractivity contribution < 1.29 is 9.59 Å². The molecule has 5 nitrogen and oxygen atoms in total. The number of hydrogen-bond donors (Lipinski definition) is 0. The number of aryl methyl sites for hydroxylation is 1. The zero-order valence-corrected chi connectivity index (χ0v) is 12.8. The highest BCUT2D eigenvalue weighted by Gasteiger charge is 2.55. The zero-order chi connectivity index (χ0) is 15.2. The number of piperidine rings is 1. The van der Waals surface area contributed by atoms with E-state index in [2.05, 4.69) is 24.0 Å². The van der Waals surface area contributed by atoms with E-state index in [1.54, 1.807) is 19.0 Å². The number of imide groups is 1. The fraction of sp³-hybridized carbons (Fsp3) is 0.500. The topological polar surface area (TPSA) is 43.9 Å². The Hall–Kier alpha value is -2.04. The molecule has 2 heterocycles. The molecule has 2 aliphatic rings. The smallest absolute Gasteiger partial charge is 0.327 e. The largest absolute Gasteiger partial charge is 0.371 e. The third-order valence-corrected chi connectivity index (χ3v) is 4.97. The molecule has 3 rings (SSSR count). The molecule has 1 spiro atoms. The van der Waals surface area contributed by atoms with Crippen LogP contribution in [0, 0.1) is 6.92 Å². The maximum absolute atomic E-state index is 12.5. The monoisotopic (exact) mass is 287 g/mol. The minimum atomic E-state index is -0.634. The van der Waals surface area contributed by atoms with Crippen LogP contribution < -0.4 is 4.90 Å². The highest BCUT2D eigenvalue weighted by Crippen LogP contribution is 2.37. The number of anilines is 1. The molecule has 0 atom stereocenters. The number of benzene rings is 1. The highest BCUT2D eigenvalue weighted by atomic mass is 16.2. The molecule has 0 aromatic heterocycles. The summed E-state index contributed by atoms with van der Waals surface area (Å²) in [6, 6.07) is 8.10. The summed E-state index contributed by atoms with van der Waals surface area (Å²) >= 11 is 0. The van der Waals surface area contributed by atoms with Gasteiger partial charge >= 0.3 is 6.03 Å². The van der Waals surface area contributed by atoms with Gasteiger partial charge in [-0.1, -0.05) is 18.2 Å². The van der Waals surface area contributed by atoms with Crippen molar-refractivity contribution in [1.29, 1.82) is 0 Å². The fourth-order valence-corrected chi connectivity index (χ4v) is 3.54. The summed E-state index contributed by atoms with van der Waals surface area (Å²) in [6.07, 6.45) is 1.37. The molecule has 0 unspecified atom stereocenters. The number of hydrogen-bond acceptors (Lipinski definition) is 3. The van der Waals surface area contributed by atoms with Gasteiger partial charge in [0, 0.05) is 32.9 Å². The molecule has 21 heavy (non-hydrogen) atoms. The van der Waals surface area contributed by atoms with Crippen LogP contribution in [0.1, 0.15) is 18.4 Å². The lowest BCUT2D eigenvalue weighted by Crippen LogP contribution is -2.55. The Morgan fingerprint density at radius 2 is 1.67 bits per heavy atom. The van der Waals surface area contributed by atoms with Gasteiger partial charge in [-0.2, -0.15) is 0 Å². The van der Waals surface area contributed by atoms with Crippen LogP contribution in [0.3, 0.4) is 0 Å². The molecular formula is C16H21N3O2. The second-order valence-corrected chi connectivity index (χ2v) is 6.01. The molecule has 0 aliphatic carbocycles. The molecule has 0 bridgehead atoms. The van der Waals surface area contributed by atoms with Gasteiger partial charge in [-0.25, -0.2) is 4.79 Å². The predicted molar refractivity (Wildman–Crippen MR) is 81.3 cm³/mol. The first kappa shape index (κ1) is 13.9. The Morgan fingerprint density at radius 1 is 1.05 bits per heavy atom. The molecule has 112 valence electrons. The number of nitrogens with zero attached hydrogens (tertiary/aromatic N) is 3. The van der Waals surface area contributed by atoms with E-state index in [0.29, 0.717) is 12.8 Å². The van der Waals surface area contributed by atoms with E-state index < -0.39 is 5.54 Å². The fourth-order valence-electron chi connectivity index (χ4n) is 3.54. The van der Waals surface area contributed by atoms with Crippen molar-refractivity contribution in [3.05, 3.63) is 29.8 Å². The SMILES string of the molecule is Cc1ccccc1N1CCC2(CC1)C(=O)N(C)C(=O)N2C. The molecule has 1 aromatic carbocycles. The van der Waals surface area contributed by atoms with E-state index in [4.69, 9.17) is 0 Å². The van der Waals surface area contributed by atoms with Crippen LogP contribution in [0.4, 0.5) is 10.5 Å². The number of rotatable bonds is 1. The number of para-hydroxylation sites is 1. The van der Waals surface area contributed by atoms with Gasteiger partial charge in [0.1, 0.15) is 5.54 Å². The molecule has 2 aliphatic heterocycles. The van der Waals surface area contributed by atoms with Crippen LogP contribution in [0.15, 0.2) is 24.3 Å². The van der Waals surface area contributed by atoms with E-state index in [-0.39, 0.29) is 11.9 Å². The summed E-state index contributed by atoms with van der Waals surface area (Å²) in [7, 11) is 3.32. The number of likely N-dealkylation sites (N-methyl/N-ethyl adjacent to an activating group) is 2. The maximum atomic E-state index is 12.5. The third kappa shape index (κ3) is 1.91. The van der Waals surface area contributed by atoms with Crippen molar-refractivity contribution in [3.8, 4) is 0 Å². The lowest BCUT2D eigenvalue weighted by molar-refractivity contribution is -0.133. The summed E-state index contributed by atoms with van der Waals surface area (Å²) < 4.78 is 0. The molecule has 1 aromatic rings. The molecule has 2 saturated heterocycles. The minimum Gasteiger partial charge on any atom is -0.371 e. The van der Waals surface area contributed by atoms with Crippen LogP contribution in [0.5, 0.6) is 0 Å². The van der Waals surface area contributed by atoms with Crippen LogP contribution in [-0.2, 0) is 4.79 Å². The van der Waals surface area contributed by atoms with Crippen molar-refractivity contribution in [1.82, 2.24) is 9.80 Å². The summed E-state index contributed by atoms with van der Waals surface area (Å²) in [5, 5.41) is 0. The first-order valence-corrected chi connectivity index (χ1v) is 7.34. The van der Waals surface area contributed by atoms with Gasteiger partial charge in [-0.3, -0.25) is 9.69 Å². The molecule has 3 amide bonds. The van der Waals surface area contributed by atoms with E-state index in [0.717, 1.165) is 13.1 Å². The summed E-state index contributed by atoms with van der Waals surface area (Å²) in [5.74, 6) is -0.0561. The zero-order valence-electron chi connectivity index (χ0n) is 12.8. The van der Waals surface area contributed by atoms with E-state index >= 15 is 0 Å². The van der Waals surface area contributed by atoms with Crippen molar-refractivity contribution in [2.75, 3.05) is 32.1 Å². The van der Waals surface area contributed by atoms with Crippen molar-refractivity contribution in [2.45, 2.75) is 25.3 Å². The summed E-state index contributed by atoms with van der Waals surface area (Å²) in [6.45, 7) is 3.69. The Kier molecular flexibility index (Phi) is 3.15. The first-order chi connectivity index (χ1) is 9.97. The lowest BCUT2D eigenvalue weighted by atomic mass is 9.86. The van der Waals surface area contributed by atoms with Crippen LogP contribution in [0.25, 0.3) is 0 Å². The Labute approximate surface area is 125 Å². The average Bonchev–Trinajstić information content (AvgIpc) is 2.66. The second kappa shape index (κ2) is 4.76. The molecule has 0 saturated carbocycles. The van der Waals surface area contributed by atoms with Gasteiger partial charge in [0.05, 0.1) is 0 Å². The van der Waals surface area contributed by atoms with Crippen molar-refractivity contribution in [2.24, 2.45) is 0 Å². The van der Waals surface area contributed by atoms with Crippen molar-refractivity contribution >= 4 is 17.6 Å². The third-order valence-electron chi connectivity index (χ3n) is 4.97. The Morgan fingerprint density at radius 3 is 2.19 bits per heavy atom. The van der Waals surface area contributed by atoms with E-state index in [1.807, 2.05) is 12.1 Å². The summed E-state index contributed by atoms with van der Waals surface area (Å²) in [5.41, 5.74) is 1.83.